The molecule has 35 nitrogen and oxygen atoms in total. The van der Waals surface area contributed by atoms with Crippen LogP contribution in [0.2, 0.25) is 0 Å². The van der Waals surface area contributed by atoms with E-state index in [0.29, 0.717) is 101 Å². The zero-order valence-corrected chi connectivity index (χ0v) is 85.9. The van der Waals surface area contributed by atoms with Gasteiger partial charge in [-0.3, -0.25) is 47.7 Å². The maximum atomic E-state index is 13.7. The Kier molecular flexibility index (Phi) is 34.9. The SMILES string of the molecule is C=CCOCc1ccc(Br)nc1CC(=O)[C@@H]1C[C@@]2(Cn3cc(I)cn3)C[C@H]2N1C(=O)OC(C)(C)C.C=CCOCc1ccc(Br)nc1N.CC(C)(C)OC(=O)N1[C@H](C(=O)O)C[C@@]2(Cn3cc(I)cn3)C[C@@H]12.CCOC(=O)[C@@H]1C[C@@]2(COS(C)(=O)=O)C[C@H]2N1C(=O)OC(C)(C)C.CCOC(=O)[C@@H]1C[C@@]2(Cn3cc(I)cn3)C[C@H]2N1C(=O)OC(C)(C)C.Ic1cn[nH]c1. The number of hydrogen-bond acceptors (Lipinski definition) is 26. The van der Waals surface area contributed by atoms with Crippen molar-refractivity contribution >= 4 is 186 Å². The van der Waals surface area contributed by atoms with Crippen molar-refractivity contribution in [3.63, 3.8) is 0 Å². The summed E-state index contributed by atoms with van der Waals surface area (Å²) in [6.07, 6.45) is 22.3. The number of nitrogens with two attached hydrogens (primary N) is 1. The number of aromatic nitrogens is 10. The molecular weight excluding hydrogens is 2240 g/mol. The van der Waals surface area contributed by atoms with E-state index in [9.17, 15) is 51.9 Å². The number of carboxylic acid groups (broad SMARTS) is 1. The molecule has 692 valence electrons. The highest BCUT2D eigenvalue weighted by atomic mass is 127. The van der Waals surface area contributed by atoms with Crippen LogP contribution in [0.25, 0.3) is 0 Å². The third-order valence-corrected chi connectivity index (χ3v) is 25.2. The van der Waals surface area contributed by atoms with Gasteiger partial charge in [-0.05, 0) is 288 Å². The third-order valence-electron chi connectivity index (χ3n) is 21.5. The van der Waals surface area contributed by atoms with Crippen LogP contribution < -0.4 is 5.73 Å². The number of ketones is 1. The van der Waals surface area contributed by atoms with Crippen LogP contribution in [-0.4, -0.2) is 241 Å². The van der Waals surface area contributed by atoms with Crippen LogP contribution in [0.4, 0.5) is 25.0 Å². The number of aromatic amines is 1. The number of likely N-dealkylation sites (tertiary alicyclic amines) is 4. The summed E-state index contributed by atoms with van der Waals surface area (Å²) < 4.78 is 81.8. The highest BCUT2D eigenvalue weighted by molar-refractivity contribution is 14.1. The van der Waals surface area contributed by atoms with Crippen LogP contribution in [0.3, 0.4) is 0 Å². The molecule has 0 aromatic carbocycles. The number of amides is 4. The van der Waals surface area contributed by atoms with Crippen LogP contribution in [0.15, 0.2) is 108 Å². The van der Waals surface area contributed by atoms with Crippen LogP contribution in [-0.2, 0) is 111 Å². The minimum absolute atomic E-state index is 0.00128. The zero-order valence-electron chi connectivity index (χ0n) is 73.3. The standard InChI is InChI=1S/C25H30BrIN4O4.C17H24IN3O4.C15H20IN3O4.C15H25NO7S.C9H11BrN2O.C3H3IN2/c1-5-8-34-14-16-6-7-22(26)29-18(16)9-20(32)19-10-25(15-30-13-17(27)12-28-30)11-21(25)31(19)23(33)35-24(2,3)4;1-5-24-14(22)12-6-17(10-20-9-11(18)8-19-20)7-13(17)21(12)15(23)25-16(2,3)4;1-14(2,3)23-13(22)19-10(12(20)21)4-15(5-11(15)19)8-18-7-9(16)6-17-18;1-6-21-12(17)10-7-15(9-22-24(5,19)20)8-11(15)16(10)13(18)23-14(2,3)4;1-2-5-13-6-7-3-4-8(10)12-9(7)11;4-3-1-5-6-2-3/h5-7,12-13,19,21H,1,8-11,14-15H2,2-4H3;8-9,12-13H,5-7,10H2,1-4H3;6-7,10-11H,4-5,8H2,1-3H3,(H,20,21);10-11H,6-9H2,1-5H3;2-4H,1,5-6H2,(H2,11,12);1-2H,(H,5,6)/t19-,21+,25-;12-,13+,17-;2*10-,11+,15-;;/m0000../s1. The largest absolute Gasteiger partial charge is 0.480 e. The predicted molar refractivity (Wildman–Crippen MR) is 504 cm³/mol. The van der Waals surface area contributed by atoms with Gasteiger partial charge in [0.2, 0.25) is 0 Å². The molecular formula is C84H113Br2I4N15O20S. The summed E-state index contributed by atoms with van der Waals surface area (Å²) in [5.74, 6) is -1.38. The van der Waals surface area contributed by atoms with Gasteiger partial charge in [-0.2, -0.15) is 28.8 Å². The molecule has 0 bridgehead atoms. The van der Waals surface area contributed by atoms with Gasteiger partial charge in [-0.15, -0.1) is 13.2 Å². The molecule has 6 aromatic rings. The van der Waals surface area contributed by atoms with E-state index in [4.69, 9.17) is 47.8 Å². The number of carboxylic acids is 1. The Morgan fingerprint density at radius 2 is 0.889 bits per heavy atom. The molecule has 14 rings (SSSR count). The van der Waals surface area contributed by atoms with E-state index in [-0.39, 0.29) is 71.8 Å². The summed E-state index contributed by atoms with van der Waals surface area (Å²) >= 11 is 15.5. The van der Waals surface area contributed by atoms with E-state index in [2.05, 4.69) is 171 Å². The van der Waals surface area contributed by atoms with E-state index in [1.54, 1.807) is 95.9 Å². The van der Waals surface area contributed by atoms with Gasteiger partial charge in [-0.25, -0.2) is 43.5 Å². The average Bonchev–Trinajstić information content (AvgIpc) is 1.55. The van der Waals surface area contributed by atoms with Gasteiger partial charge in [0, 0.05) is 95.8 Å². The summed E-state index contributed by atoms with van der Waals surface area (Å²) in [4.78, 5) is 115. The summed E-state index contributed by atoms with van der Waals surface area (Å²) in [7, 11) is -3.59. The van der Waals surface area contributed by atoms with Gasteiger partial charge >= 0.3 is 42.3 Å². The number of carbonyl (C=O) groups excluding carboxylic acids is 7. The van der Waals surface area contributed by atoms with E-state index in [0.717, 1.165) is 55.5 Å². The number of rotatable bonds is 25. The molecule has 0 spiro atoms. The van der Waals surface area contributed by atoms with Gasteiger partial charge in [0.1, 0.15) is 55.6 Å². The maximum absolute atomic E-state index is 13.7. The molecule has 12 atom stereocenters. The first kappa shape index (κ1) is 103. The number of esters is 2. The van der Waals surface area contributed by atoms with Crippen molar-refractivity contribution in [3.8, 4) is 0 Å². The van der Waals surface area contributed by atoms with Crippen LogP contribution in [0.5, 0.6) is 0 Å². The second kappa shape index (κ2) is 42.7. The smallest absolute Gasteiger partial charge is 0.411 e. The lowest BCUT2D eigenvalue weighted by atomic mass is 9.94. The molecule has 4 amide bonds. The van der Waals surface area contributed by atoms with E-state index >= 15 is 0 Å². The molecule has 42 heteroatoms. The summed E-state index contributed by atoms with van der Waals surface area (Å²) in [5.41, 5.74) is 4.43. The molecule has 4 saturated heterocycles. The van der Waals surface area contributed by atoms with Crippen molar-refractivity contribution in [2.45, 2.75) is 258 Å². The number of pyridine rings is 2. The minimum Gasteiger partial charge on any atom is -0.480 e. The molecule has 4 saturated carbocycles. The lowest BCUT2D eigenvalue weighted by Gasteiger charge is -2.30. The van der Waals surface area contributed by atoms with Gasteiger partial charge in [0.25, 0.3) is 10.1 Å². The number of nitrogens with zero attached hydrogens (tertiary/aromatic N) is 13. The fourth-order valence-electron chi connectivity index (χ4n) is 16.0. The number of aliphatic carboxylic acids is 1. The second-order valence-corrected chi connectivity index (χ2v) is 44.5. The topological polar surface area (TPSA) is 421 Å². The van der Waals surface area contributed by atoms with Crippen molar-refractivity contribution in [1.82, 2.24) is 69.1 Å². The molecule has 0 radical (unpaired) electrons. The van der Waals surface area contributed by atoms with Crippen molar-refractivity contribution in [3.05, 3.63) is 139 Å². The highest BCUT2D eigenvalue weighted by Gasteiger charge is 2.72. The highest BCUT2D eigenvalue weighted by Crippen LogP contribution is 2.64. The van der Waals surface area contributed by atoms with Crippen LogP contribution in [0.1, 0.15) is 165 Å². The quantitative estimate of drug-likeness (QED) is 0.00911. The van der Waals surface area contributed by atoms with Crippen LogP contribution in [0, 0.1) is 35.9 Å². The number of Topliss-reactive ketones (excluding diaryl/α,β-unsaturated/α-hetero) is 1. The molecule has 4 aliphatic heterocycles. The van der Waals surface area contributed by atoms with E-state index in [1.165, 1.54) is 9.80 Å². The Hall–Kier alpha value is -6.71. The Morgan fingerprint density at radius 3 is 1.23 bits per heavy atom. The minimum atomic E-state index is -3.59. The number of halogens is 6. The number of nitrogen functional groups attached to an aromatic ring is 1. The number of H-pyrrole nitrogens is 1. The fourth-order valence-corrected chi connectivity index (χ4v) is 18.7. The third kappa shape index (κ3) is 28.7. The summed E-state index contributed by atoms with van der Waals surface area (Å²) in [5, 5.41) is 28.9. The first-order valence-electron chi connectivity index (χ1n) is 40.9. The average molecular weight is 2350 g/mol. The Labute approximate surface area is 806 Å². The monoisotopic (exact) mass is 2350 g/mol. The van der Waals surface area contributed by atoms with Gasteiger partial charge in [-0.1, -0.05) is 24.3 Å². The first-order valence-corrected chi connectivity index (χ1v) is 48.6. The second-order valence-electron chi connectivity index (χ2n) is 36.2. The lowest BCUT2D eigenvalue weighted by molar-refractivity contribution is -0.149. The number of ether oxygens (including phenoxy) is 8. The summed E-state index contributed by atoms with van der Waals surface area (Å²) in [6.45, 7) is 36.4. The molecule has 10 heterocycles. The number of piperidine rings is 4. The predicted octanol–water partition coefficient (Wildman–Crippen LogP) is 14.5. The number of anilines is 1. The molecule has 0 unspecified atom stereocenters. The Balaban J connectivity index is 0.000000179. The molecule has 8 aliphatic rings. The molecule has 8 fully saturated rings. The zero-order chi connectivity index (χ0) is 93.2. The van der Waals surface area contributed by atoms with Crippen molar-refractivity contribution in [2.24, 2.45) is 21.7 Å². The normalized spacial score (nSPS) is 24.3. The van der Waals surface area contributed by atoms with Crippen LogP contribution >= 0.6 is 122 Å². The van der Waals surface area contributed by atoms with E-state index in [1.807, 2.05) is 111 Å². The first-order chi connectivity index (χ1) is 58.8. The van der Waals surface area contributed by atoms with Gasteiger partial charge in [0.05, 0.1) is 110 Å². The number of hydrogen-bond donors (Lipinski definition) is 3. The lowest BCUT2D eigenvalue weighted by Crippen LogP contribution is -2.46. The molecule has 126 heavy (non-hydrogen) atoms. The Bertz CT molecular complexity index is 5000. The Morgan fingerprint density at radius 1 is 0.532 bits per heavy atom. The summed E-state index contributed by atoms with van der Waals surface area (Å²) in [6, 6.07) is 4.31. The number of carbonyl (C=O) groups is 8. The fraction of sp³-hybridized carbons (Fsp3) is 0.595. The molecule has 4 aliphatic carbocycles. The van der Waals surface area contributed by atoms with Gasteiger partial charge in [0.15, 0.2) is 5.78 Å². The maximum Gasteiger partial charge on any atom is 0.411 e. The van der Waals surface area contributed by atoms with E-state index < -0.39 is 98.4 Å². The number of fused-ring (bicyclic) bond motifs is 4. The molecule has 6 aromatic heterocycles. The van der Waals surface area contributed by atoms with Crippen molar-refractivity contribution < 1.29 is 94.0 Å². The van der Waals surface area contributed by atoms with Crippen molar-refractivity contribution in [2.75, 3.05) is 45.0 Å². The molecule has 4 N–H and O–H groups in total. The van der Waals surface area contributed by atoms with Gasteiger partial charge < -0.3 is 48.7 Å². The number of nitrogens with one attached hydrogen (secondary N) is 1. The van der Waals surface area contributed by atoms with Crippen molar-refractivity contribution in [1.29, 1.82) is 0 Å².